The summed E-state index contributed by atoms with van der Waals surface area (Å²) in [5.74, 6) is 0.285. The maximum Gasteiger partial charge on any atom is 0.256 e. The van der Waals surface area contributed by atoms with Gasteiger partial charge in [0.25, 0.3) is 5.91 Å². The van der Waals surface area contributed by atoms with Gasteiger partial charge in [-0.25, -0.2) is 9.97 Å². The molecule has 2 aromatic heterocycles. The molecule has 0 unspecified atom stereocenters. The zero-order chi connectivity index (χ0) is 18.8. The van der Waals surface area contributed by atoms with Gasteiger partial charge in [-0.1, -0.05) is 41.9 Å². The van der Waals surface area contributed by atoms with Crippen LogP contribution in [0.4, 0.5) is 5.82 Å². The summed E-state index contributed by atoms with van der Waals surface area (Å²) >= 11 is 6.03. The number of fused-ring (bicyclic) bond motifs is 1. The summed E-state index contributed by atoms with van der Waals surface area (Å²) in [6, 6.07) is 16.7. The predicted molar refractivity (Wildman–Crippen MR) is 108 cm³/mol. The van der Waals surface area contributed by atoms with Crippen LogP contribution in [0.25, 0.3) is 22.2 Å². The van der Waals surface area contributed by atoms with E-state index in [0.717, 1.165) is 28.7 Å². The number of nitrogens with one attached hydrogen (secondary N) is 1. The highest BCUT2D eigenvalue weighted by molar-refractivity contribution is 6.30. The van der Waals surface area contributed by atoms with Crippen LogP contribution in [-0.2, 0) is 6.54 Å². The molecular weight excluding hydrogens is 360 g/mol. The Hall–Kier alpha value is -3.18. The lowest BCUT2D eigenvalue weighted by Crippen LogP contribution is -2.13. The van der Waals surface area contributed by atoms with E-state index < -0.39 is 0 Å². The summed E-state index contributed by atoms with van der Waals surface area (Å²) in [4.78, 5) is 21.4. The minimum atomic E-state index is -0.207. The Morgan fingerprint density at radius 1 is 1.07 bits per heavy atom. The molecule has 0 spiro atoms. The summed E-state index contributed by atoms with van der Waals surface area (Å²) in [6.45, 7) is 2.81. The SMILES string of the molecule is CCn1cc(-c2ccc(Cl)cc2)c2c(NC(=O)c3ccccc3)ncnc21. The van der Waals surface area contributed by atoms with Crippen molar-refractivity contribution >= 4 is 34.4 Å². The highest BCUT2D eigenvalue weighted by Crippen LogP contribution is 2.34. The third-order valence-electron chi connectivity index (χ3n) is 4.42. The van der Waals surface area contributed by atoms with Crippen molar-refractivity contribution in [3.8, 4) is 11.1 Å². The van der Waals surface area contributed by atoms with Gasteiger partial charge in [0.2, 0.25) is 0 Å². The lowest BCUT2D eigenvalue weighted by molar-refractivity contribution is 0.102. The number of halogens is 1. The summed E-state index contributed by atoms with van der Waals surface area (Å²) in [5.41, 5.74) is 3.29. The van der Waals surface area contributed by atoms with Crippen molar-refractivity contribution in [3.05, 3.63) is 77.7 Å². The van der Waals surface area contributed by atoms with Gasteiger partial charge in [0, 0.05) is 28.9 Å². The number of amides is 1. The van der Waals surface area contributed by atoms with Crippen molar-refractivity contribution < 1.29 is 4.79 Å². The Bertz CT molecular complexity index is 1100. The fraction of sp³-hybridized carbons (Fsp3) is 0.0952. The minimum Gasteiger partial charge on any atom is -0.332 e. The van der Waals surface area contributed by atoms with E-state index in [1.165, 1.54) is 6.33 Å². The van der Waals surface area contributed by atoms with Crippen LogP contribution >= 0.6 is 11.6 Å². The van der Waals surface area contributed by atoms with Gasteiger partial charge in [-0.15, -0.1) is 0 Å². The third-order valence-corrected chi connectivity index (χ3v) is 4.67. The lowest BCUT2D eigenvalue weighted by atomic mass is 10.1. The molecule has 0 bridgehead atoms. The van der Waals surface area contributed by atoms with Gasteiger partial charge in [0.15, 0.2) is 0 Å². The van der Waals surface area contributed by atoms with Crippen molar-refractivity contribution in [1.82, 2.24) is 14.5 Å². The number of anilines is 1. The molecule has 2 heterocycles. The summed E-state index contributed by atoms with van der Waals surface area (Å²) < 4.78 is 2.04. The van der Waals surface area contributed by atoms with Crippen LogP contribution in [0.15, 0.2) is 67.1 Å². The second kappa shape index (κ2) is 7.21. The van der Waals surface area contributed by atoms with Gasteiger partial charge in [0.1, 0.15) is 17.8 Å². The van der Waals surface area contributed by atoms with Crippen LogP contribution in [0, 0.1) is 0 Å². The Balaban J connectivity index is 1.85. The molecule has 2 aromatic carbocycles. The van der Waals surface area contributed by atoms with Crippen molar-refractivity contribution in [2.45, 2.75) is 13.5 Å². The van der Waals surface area contributed by atoms with Gasteiger partial charge < -0.3 is 9.88 Å². The number of carbonyl (C=O) groups is 1. The molecule has 0 saturated carbocycles. The standard InChI is InChI=1S/C21H17ClN4O/c1-2-26-12-17(14-8-10-16(22)11-9-14)18-19(23-13-24-20(18)26)25-21(27)15-6-4-3-5-7-15/h3-13H,2H2,1H3,(H,23,24,25,27). The van der Waals surface area contributed by atoms with Gasteiger partial charge >= 0.3 is 0 Å². The molecule has 4 rings (SSSR count). The minimum absolute atomic E-state index is 0.207. The van der Waals surface area contributed by atoms with Gasteiger partial charge in [-0.3, -0.25) is 4.79 Å². The summed E-state index contributed by atoms with van der Waals surface area (Å²) in [5, 5.41) is 4.41. The number of aromatic nitrogens is 3. The second-order valence-corrected chi connectivity index (χ2v) is 6.51. The quantitative estimate of drug-likeness (QED) is 0.543. The van der Waals surface area contributed by atoms with Crippen molar-refractivity contribution in [2.24, 2.45) is 0 Å². The first-order valence-electron chi connectivity index (χ1n) is 8.63. The van der Waals surface area contributed by atoms with E-state index in [0.29, 0.717) is 16.4 Å². The predicted octanol–water partition coefficient (Wildman–Crippen LogP) is 5.02. The van der Waals surface area contributed by atoms with Crippen molar-refractivity contribution in [2.75, 3.05) is 5.32 Å². The Labute approximate surface area is 161 Å². The molecule has 0 fully saturated rings. The van der Waals surface area contributed by atoms with Gasteiger partial charge in [0.05, 0.1) is 5.39 Å². The monoisotopic (exact) mass is 376 g/mol. The molecular formula is C21H17ClN4O. The number of rotatable bonds is 4. The smallest absolute Gasteiger partial charge is 0.256 e. The molecule has 0 atom stereocenters. The first kappa shape index (κ1) is 17.2. The van der Waals surface area contributed by atoms with Gasteiger partial charge in [-0.2, -0.15) is 0 Å². The van der Waals surface area contributed by atoms with Crippen molar-refractivity contribution in [1.29, 1.82) is 0 Å². The van der Waals surface area contributed by atoms with Crippen LogP contribution in [-0.4, -0.2) is 20.4 Å². The van der Waals surface area contributed by atoms with Gasteiger partial charge in [-0.05, 0) is 36.8 Å². The molecule has 0 aliphatic rings. The van der Waals surface area contributed by atoms with E-state index in [9.17, 15) is 4.79 Å². The molecule has 134 valence electrons. The molecule has 1 N–H and O–H groups in total. The fourth-order valence-corrected chi connectivity index (χ4v) is 3.20. The Morgan fingerprint density at radius 3 is 2.52 bits per heavy atom. The highest BCUT2D eigenvalue weighted by atomic mass is 35.5. The molecule has 0 aliphatic heterocycles. The van der Waals surface area contributed by atoms with E-state index in [1.807, 2.05) is 53.2 Å². The van der Waals surface area contributed by atoms with E-state index in [1.54, 1.807) is 12.1 Å². The zero-order valence-electron chi connectivity index (χ0n) is 14.7. The van der Waals surface area contributed by atoms with Crippen LogP contribution in [0.5, 0.6) is 0 Å². The van der Waals surface area contributed by atoms with Crippen LogP contribution in [0.2, 0.25) is 5.02 Å². The number of aryl methyl sites for hydroxylation is 1. The number of nitrogens with zero attached hydrogens (tertiary/aromatic N) is 3. The first-order valence-corrected chi connectivity index (χ1v) is 9.01. The Kier molecular flexibility index (Phi) is 4.60. The van der Waals surface area contributed by atoms with Crippen molar-refractivity contribution in [3.63, 3.8) is 0 Å². The molecule has 6 heteroatoms. The first-order chi connectivity index (χ1) is 13.2. The highest BCUT2D eigenvalue weighted by Gasteiger charge is 2.17. The second-order valence-electron chi connectivity index (χ2n) is 6.08. The molecule has 0 saturated heterocycles. The lowest BCUT2D eigenvalue weighted by Gasteiger charge is -2.08. The van der Waals surface area contributed by atoms with E-state index in [4.69, 9.17) is 11.6 Å². The molecule has 0 aliphatic carbocycles. The van der Waals surface area contributed by atoms with E-state index >= 15 is 0 Å². The Morgan fingerprint density at radius 2 is 1.81 bits per heavy atom. The number of hydrogen-bond donors (Lipinski definition) is 1. The average Bonchev–Trinajstić information content (AvgIpc) is 3.09. The summed E-state index contributed by atoms with van der Waals surface area (Å²) in [6.07, 6.45) is 3.50. The van der Waals surface area contributed by atoms with E-state index in [2.05, 4.69) is 22.2 Å². The van der Waals surface area contributed by atoms with Crippen LogP contribution in [0.1, 0.15) is 17.3 Å². The largest absolute Gasteiger partial charge is 0.332 e. The molecule has 0 radical (unpaired) electrons. The molecule has 5 nitrogen and oxygen atoms in total. The number of carbonyl (C=O) groups excluding carboxylic acids is 1. The fourth-order valence-electron chi connectivity index (χ4n) is 3.08. The van der Waals surface area contributed by atoms with E-state index in [-0.39, 0.29) is 5.91 Å². The third kappa shape index (κ3) is 3.29. The molecule has 27 heavy (non-hydrogen) atoms. The average molecular weight is 377 g/mol. The molecule has 4 aromatic rings. The van der Waals surface area contributed by atoms with Crippen LogP contribution < -0.4 is 5.32 Å². The maximum atomic E-state index is 12.6. The van der Waals surface area contributed by atoms with Crippen LogP contribution in [0.3, 0.4) is 0 Å². The normalized spacial score (nSPS) is 10.9. The maximum absolute atomic E-state index is 12.6. The topological polar surface area (TPSA) is 59.8 Å². The number of hydrogen-bond acceptors (Lipinski definition) is 3. The summed E-state index contributed by atoms with van der Waals surface area (Å²) in [7, 11) is 0. The zero-order valence-corrected chi connectivity index (χ0v) is 15.4. The number of benzene rings is 2. The molecule has 1 amide bonds.